The van der Waals surface area contributed by atoms with Gasteiger partial charge in [0.25, 0.3) is 5.69 Å². The first-order chi connectivity index (χ1) is 9.81. The first-order valence-electron chi connectivity index (χ1n) is 5.91. The average molecular weight is 327 g/mol. The molecule has 0 amide bonds. The van der Waals surface area contributed by atoms with E-state index in [-0.39, 0.29) is 5.69 Å². The minimum Gasteiger partial charge on any atom is -0.399 e. The third-order valence-electron chi connectivity index (χ3n) is 2.77. The van der Waals surface area contributed by atoms with E-state index in [2.05, 4.69) is 4.72 Å². The molecule has 0 spiro atoms. The van der Waals surface area contributed by atoms with Gasteiger partial charge in [-0.3, -0.25) is 10.1 Å². The van der Waals surface area contributed by atoms with Crippen molar-refractivity contribution in [3.05, 3.63) is 50.7 Å². The molecule has 1 aromatic heterocycles. The molecule has 0 bridgehead atoms. The smallest absolute Gasteiger partial charge is 0.289 e. The highest BCUT2D eigenvalue weighted by Gasteiger charge is 2.27. The van der Waals surface area contributed by atoms with Crippen LogP contribution in [0.15, 0.2) is 40.6 Å². The molecule has 0 aliphatic heterocycles. The van der Waals surface area contributed by atoms with E-state index < -0.39 is 31.6 Å². The van der Waals surface area contributed by atoms with Crippen molar-refractivity contribution in [1.82, 2.24) is 4.72 Å². The van der Waals surface area contributed by atoms with Gasteiger partial charge >= 0.3 is 0 Å². The largest absolute Gasteiger partial charge is 0.399 e. The maximum atomic E-state index is 12.3. The van der Waals surface area contributed by atoms with Gasteiger partial charge in [0.1, 0.15) is 0 Å². The molecule has 0 saturated carbocycles. The normalized spacial score (nSPS) is 13.0. The monoisotopic (exact) mass is 327 g/mol. The van der Waals surface area contributed by atoms with Crippen molar-refractivity contribution < 1.29 is 13.3 Å². The van der Waals surface area contributed by atoms with Crippen molar-refractivity contribution in [1.29, 1.82) is 0 Å². The van der Waals surface area contributed by atoms with E-state index in [0.29, 0.717) is 0 Å². The van der Waals surface area contributed by atoms with Crippen LogP contribution in [0.25, 0.3) is 0 Å². The molecule has 9 heteroatoms. The molecular weight excluding hydrogens is 314 g/mol. The summed E-state index contributed by atoms with van der Waals surface area (Å²) in [5.41, 5.74) is 5.18. The Morgan fingerprint density at radius 1 is 1.38 bits per heavy atom. The fraction of sp³-hybridized carbons (Fsp3) is 0.167. The molecule has 112 valence electrons. The lowest BCUT2D eigenvalue weighted by molar-refractivity contribution is -0.387. The van der Waals surface area contributed by atoms with Crippen LogP contribution in [0.5, 0.6) is 0 Å². The molecule has 0 fully saturated rings. The number of nitrogen functional groups attached to an aromatic ring is 1. The van der Waals surface area contributed by atoms with Crippen molar-refractivity contribution in [2.75, 3.05) is 5.73 Å². The number of hydrogen-bond donors (Lipinski definition) is 2. The van der Waals surface area contributed by atoms with Gasteiger partial charge in [-0.25, -0.2) is 13.1 Å². The molecule has 0 aliphatic rings. The molecule has 0 aliphatic carbocycles. The Kier molecular flexibility index (Phi) is 4.26. The number of benzene rings is 1. The van der Waals surface area contributed by atoms with Crippen LogP contribution >= 0.6 is 11.3 Å². The van der Waals surface area contributed by atoms with Crippen molar-refractivity contribution in [2.45, 2.75) is 17.9 Å². The molecule has 1 unspecified atom stereocenters. The van der Waals surface area contributed by atoms with Crippen molar-refractivity contribution >= 4 is 32.7 Å². The van der Waals surface area contributed by atoms with Crippen molar-refractivity contribution in [2.24, 2.45) is 0 Å². The molecule has 1 heterocycles. The number of sulfonamides is 1. The van der Waals surface area contributed by atoms with E-state index in [9.17, 15) is 18.5 Å². The van der Waals surface area contributed by atoms with E-state index >= 15 is 0 Å². The standard InChI is InChI=1S/C12H13N3O4S2/c1-8(11-3-2-6-20-11)14-21(18,19)12-7-9(13)4-5-10(12)15(16)17/h2-8,14H,13H2,1H3. The Labute approximate surface area is 125 Å². The van der Waals surface area contributed by atoms with Gasteiger partial charge in [-0.15, -0.1) is 11.3 Å². The first kappa shape index (κ1) is 15.4. The van der Waals surface area contributed by atoms with Gasteiger partial charge in [0, 0.05) is 16.6 Å². The van der Waals surface area contributed by atoms with E-state index in [1.165, 1.54) is 17.4 Å². The summed E-state index contributed by atoms with van der Waals surface area (Å²) in [5.74, 6) is 0. The molecule has 0 saturated heterocycles. The Morgan fingerprint density at radius 3 is 2.67 bits per heavy atom. The molecule has 7 nitrogen and oxygen atoms in total. The maximum absolute atomic E-state index is 12.3. The van der Waals surface area contributed by atoms with Gasteiger partial charge in [-0.2, -0.15) is 0 Å². The molecule has 1 aromatic carbocycles. The zero-order valence-electron chi connectivity index (χ0n) is 11.0. The number of nitrogens with zero attached hydrogens (tertiary/aromatic N) is 1. The number of thiophene rings is 1. The molecule has 3 N–H and O–H groups in total. The van der Waals surface area contributed by atoms with Crippen molar-refractivity contribution in [3.63, 3.8) is 0 Å². The molecule has 1 atom stereocenters. The van der Waals surface area contributed by atoms with Crippen LogP contribution in [0.4, 0.5) is 11.4 Å². The van der Waals surface area contributed by atoms with Crippen LogP contribution in [0.2, 0.25) is 0 Å². The van der Waals surface area contributed by atoms with Crippen molar-refractivity contribution in [3.8, 4) is 0 Å². The van der Waals surface area contributed by atoms with Crippen LogP contribution < -0.4 is 10.5 Å². The van der Waals surface area contributed by atoms with Gasteiger partial charge in [0.2, 0.25) is 10.0 Å². The van der Waals surface area contributed by atoms with Gasteiger partial charge in [0.05, 0.1) is 11.0 Å². The lowest BCUT2D eigenvalue weighted by Crippen LogP contribution is -2.27. The van der Waals surface area contributed by atoms with Crippen LogP contribution in [0, 0.1) is 10.1 Å². The molecule has 2 aromatic rings. The van der Waals surface area contributed by atoms with E-state index in [4.69, 9.17) is 5.73 Å². The van der Waals surface area contributed by atoms with E-state index in [1.807, 2.05) is 5.38 Å². The highest BCUT2D eigenvalue weighted by Crippen LogP contribution is 2.28. The molecule has 21 heavy (non-hydrogen) atoms. The first-order valence-corrected chi connectivity index (χ1v) is 8.27. The van der Waals surface area contributed by atoms with Crippen LogP contribution in [-0.4, -0.2) is 13.3 Å². The van der Waals surface area contributed by atoms with Gasteiger partial charge in [0.15, 0.2) is 4.90 Å². The predicted molar refractivity (Wildman–Crippen MR) is 80.6 cm³/mol. The van der Waals surface area contributed by atoms with Crippen LogP contribution in [0.1, 0.15) is 17.8 Å². The lowest BCUT2D eigenvalue weighted by atomic mass is 10.3. The Morgan fingerprint density at radius 2 is 2.10 bits per heavy atom. The number of nitro benzene ring substituents is 1. The summed E-state index contributed by atoms with van der Waals surface area (Å²) < 4.78 is 27.1. The van der Waals surface area contributed by atoms with Gasteiger partial charge in [-0.1, -0.05) is 6.07 Å². The highest BCUT2D eigenvalue weighted by atomic mass is 32.2. The van der Waals surface area contributed by atoms with E-state index in [1.54, 1.807) is 19.1 Å². The minimum atomic E-state index is -4.05. The summed E-state index contributed by atoms with van der Waals surface area (Å²) in [6.07, 6.45) is 0. The number of anilines is 1. The summed E-state index contributed by atoms with van der Waals surface area (Å²) in [6.45, 7) is 1.67. The SMILES string of the molecule is CC(NS(=O)(=O)c1cc(N)ccc1[N+](=O)[O-])c1cccs1. The number of rotatable bonds is 5. The quantitative estimate of drug-likeness (QED) is 0.496. The third-order valence-corrected chi connectivity index (χ3v) is 5.40. The van der Waals surface area contributed by atoms with Crippen LogP contribution in [-0.2, 0) is 10.0 Å². The topological polar surface area (TPSA) is 115 Å². The third kappa shape index (κ3) is 3.38. The van der Waals surface area contributed by atoms with E-state index in [0.717, 1.165) is 17.0 Å². The fourth-order valence-electron chi connectivity index (χ4n) is 1.79. The summed E-state index contributed by atoms with van der Waals surface area (Å²) in [5, 5.41) is 12.8. The summed E-state index contributed by atoms with van der Waals surface area (Å²) >= 11 is 1.40. The number of hydrogen-bond acceptors (Lipinski definition) is 6. The Hall–Kier alpha value is -1.97. The second-order valence-corrected chi connectivity index (χ2v) is 7.00. The number of nitrogens with two attached hydrogens (primary N) is 1. The summed E-state index contributed by atoms with van der Waals surface area (Å²) in [7, 11) is -4.05. The zero-order valence-corrected chi connectivity index (χ0v) is 12.6. The minimum absolute atomic E-state index is 0.143. The molecule has 0 radical (unpaired) electrons. The summed E-state index contributed by atoms with van der Waals surface area (Å²) in [6, 6.07) is 6.55. The molecule has 2 rings (SSSR count). The number of nitro groups is 1. The maximum Gasteiger partial charge on any atom is 0.289 e. The fourth-order valence-corrected chi connectivity index (χ4v) is 4.03. The molecular formula is C12H13N3O4S2. The second kappa shape index (κ2) is 5.80. The van der Waals surface area contributed by atoms with Gasteiger partial charge in [-0.05, 0) is 30.5 Å². The van der Waals surface area contributed by atoms with Crippen LogP contribution in [0.3, 0.4) is 0 Å². The lowest BCUT2D eigenvalue weighted by Gasteiger charge is -2.13. The second-order valence-electron chi connectivity index (χ2n) is 4.34. The Balaban J connectivity index is 2.40. The van der Waals surface area contributed by atoms with Gasteiger partial charge < -0.3 is 5.73 Å². The Bertz CT molecular complexity index is 757. The average Bonchev–Trinajstić information content (AvgIpc) is 2.91. The summed E-state index contributed by atoms with van der Waals surface area (Å²) in [4.78, 5) is 10.6. The zero-order chi connectivity index (χ0) is 15.6. The number of nitrogens with one attached hydrogen (secondary N) is 1. The highest BCUT2D eigenvalue weighted by molar-refractivity contribution is 7.89. The predicted octanol–water partition coefficient (Wildman–Crippen LogP) is 2.28.